The fourth-order valence-corrected chi connectivity index (χ4v) is 2.50. The maximum atomic E-state index is 12.3. The number of aromatic nitrogens is 1. The van der Waals surface area contributed by atoms with E-state index in [-0.39, 0.29) is 11.8 Å². The van der Waals surface area contributed by atoms with E-state index in [9.17, 15) is 9.59 Å². The van der Waals surface area contributed by atoms with Gasteiger partial charge in [-0.05, 0) is 25.0 Å². The molecule has 5 nitrogen and oxygen atoms in total. The molecular weight excluding hydrogens is 232 g/mol. The van der Waals surface area contributed by atoms with E-state index in [1.54, 1.807) is 11.0 Å². The Morgan fingerprint density at radius 2 is 2.17 bits per heavy atom. The van der Waals surface area contributed by atoms with E-state index in [0.717, 1.165) is 6.54 Å². The molecule has 1 aliphatic heterocycles. The van der Waals surface area contributed by atoms with Gasteiger partial charge in [-0.2, -0.15) is 0 Å². The molecule has 1 fully saturated rings. The van der Waals surface area contributed by atoms with E-state index in [4.69, 9.17) is 5.11 Å². The normalized spacial score (nSPS) is 23.3. The van der Waals surface area contributed by atoms with Gasteiger partial charge in [0.25, 0.3) is 5.91 Å². The zero-order valence-electron chi connectivity index (χ0n) is 10.7. The molecule has 2 rings (SSSR count). The Hall–Kier alpha value is -1.78. The first-order valence-corrected chi connectivity index (χ1v) is 6.21. The van der Waals surface area contributed by atoms with E-state index in [2.05, 4.69) is 0 Å². The fourth-order valence-electron chi connectivity index (χ4n) is 2.50. The molecule has 1 aromatic heterocycles. The Kier molecular flexibility index (Phi) is 3.41. The van der Waals surface area contributed by atoms with E-state index in [0.29, 0.717) is 18.8 Å². The standard InChI is InChI=1S/C13H18N2O3/c1-3-14-6-4-5-11(14)12(16)15-7-9(2)10(8-15)13(17)18/h4-6,9-10H,3,7-8H2,1-2H3,(H,17,18). The van der Waals surface area contributed by atoms with Gasteiger partial charge in [0.1, 0.15) is 5.69 Å². The Morgan fingerprint density at radius 3 is 2.72 bits per heavy atom. The molecule has 0 aliphatic carbocycles. The number of carboxylic acid groups (broad SMARTS) is 1. The number of carbonyl (C=O) groups is 2. The van der Waals surface area contributed by atoms with Crippen LogP contribution in [0.1, 0.15) is 24.3 Å². The summed E-state index contributed by atoms with van der Waals surface area (Å²) in [5.74, 6) is -1.32. The highest BCUT2D eigenvalue weighted by Gasteiger charge is 2.37. The third-order valence-corrected chi connectivity index (χ3v) is 3.61. The molecule has 1 saturated heterocycles. The lowest BCUT2D eigenvalue weighted by Gasteiger charge is -2.17. The van der Waals surface area contributed by atoms with Crippen molar-refractivity contribution in [3.63, 3.8) is 0 Å². The third kappa shape index (κ3) is 2.12. The van der Waals surface area contributed by atoms with E-state index < -0.39 is 11.9 Å². The second kappa shape index (κ2) is 4.84. The highest BCUT2D eigenvalue weighted by Crippen LogP contribution is 2.24. The van der Waals surface area contributed by atoms with Gasteiger partial charge >= 0.3 is 5.97 Å². The lowest BCUT2D eigenvalue weighted by molar-refractivity contribution is -0.142. The molecule has 5 heteroatoms. The minimum atomic E-state index is -0.816. The highest BCUT2D eigenvalue weighted by molar-refractivity contribution is 5.93. The zero-order valence-corrected chi connectivity index (χ0v) is 10.7. The van der Waals surface area contributed by atoms with Crippen molar-refractivity contribution >= 4 is 11.9 Å². The van der Waals surface area contributed by atoms with Gasteiger partial charge in [0, 0.05) is 25.8 Å². The van der Waals surface area contributed by atoms with E-state index in [1.807, 2.05) is 30.7 Å². The summed E-state index contributed by atoms with van der Waals surface area (Å²) in [7, 11) is 0. The van der Waals surface area contributed by atoms with Crippen molar-refractivity contribution in [3.8, 4) is 0 Å². The van der Waals surface area contributed by atoms with Crippen LogP contribution in [0.15, 0.2) is 18.3 Å². The van der Waals surface area contributed by atoms with Crippen LogP contribution in [0.25, 0.3) is 0 Å². The molecule has 0 aromatic carbocycles. The Morgan fingerprint density at radius 1 is 1.44 bits per heavy atom. The number of nitrogens with zero attached hydrogens (tertiary/aromatic N) is 2. The average Bonchev–Trinajstić information content (AvgIpc) is 2.93. The molecule has 2 atom stereocenters. The number of carboxylic acids is 1. The summed E-state index contributed by atoms with van der Waals surface area (Å²) in [4.78, 5) is 25.0. The topological polar surface area (TPSA) is 62.5 Å². The predicted octanol–water partition coefficient (Wildman–Crippen LogP) is 1.30. The fraction of sp³-hybridized carbons (Fsp3) is 0.538. The van der Waals surface area contributed by atoms with Crippen molar-refractivity contribution in [1.29, 1.82) is 0 Å². The quantitative estimate of drug-likeness (QED) is 0.879. The van der Waals surface area contributed by atoms with Crippen LogP contribution in [-0.2, 0) is 11.3 Å². The molecule has 1 aromatic rings. The number of amides is 1. The second-order valence-electron chi connectivity index (χ2n) is 4.81. The number of likely N-dealkylation sites (tertiary alicyclic amines) is 1. The van der Waals surface area contributed by atoms with Crippen LogP contribution in [0.5, 0.6) is 0 Å². The summed E-state index contributed by atoms with van der Waals surface area (Å²) in [6.45, 7) is 5.42. The summed E-state index contributed by atoms with van der Waals surface area (Å²) in [5, 5.41) is 9.07. The van der Waals surface area contributed by atoms with E-state index >= 15 is 0 Å². The van der Waals surface area contributed by atoms with Gasteiger partial charge in [-0.1, -0.05) is 6.92 Å². The minimum Gasteiger partial charge on any atom is -0.481 e. The van der Waals surface area contributed by atoms with Crippen molar-refractivity contribution in [3.05, 3.63) is 24.0 Å². The number of rotatable bonds is 3. The van der Waals surface area contributed by atoms with Crippen LogP contribution in [-0.4, -0.2) is 39.5 Å². The maximum Gasteiger partial charge on any atom is 0.308 e. The second-order valence-corrected chi connectivity index (χ2v) is 4.81. The first-order chi connectivity index (χ1) is 8.54. The van der Waals surface area contributed by atoms with Crippen LogP contribution in [0.3, 0.4) is 0 Å². The third-order valence-electron chi connectivity index (χ3n) is 3.61. The smallest absolute Gasteiger partial charge is 0.308 e. The van der Waals surface area contributed by atoms with Crippen molar-refractivity contribution in [2.45, 2.75) is 20.4 Å². The largest absolute Gasteiger partial charge is 0.481 e. The molecule has 0 saturated carbocycles. The SMILES string of the molecule is CCn1cccc1C(=O)N1CC(C)C(C(=O)O)C1. The highest BCUT2D eigenvalue weighted by atomic mass is 16.4. The number of aryl methyl sites for hydroxylation is 1. The summed E-state index contributed by atoms with van der Waals surface area (Å²) in [6.07, 6.45) is 1.86. The van der Waals surface area contributed by atoms with Crippen LogP contribution in [0.2, 0.25) is 0 Å². The van der Waals surface area contributed by atoms with Gasteiger partial charge < -0.3 is 14.6 Å². The lowest BCUT2D eigenvalue weighted by Crippen LogP contribution is -2.31. The molecule has 1 amide bonds. The van der Waals surface area contributed by atoms with E-state index in [1.165, 1.54) is 0 Å². The molecule has 0 bridgehead atoms. The minimum absolute atomic E-state index is 0.0106. The molecule has 0 spiro atoms. The van der Waals surface area contributed by atoms with Gasteiger partial charge in [0.2, 0.25) is 0 Å². The first-order valence-electron chi connectivity index (χ1n) is 6.21. The summed E-state index contributed by atoms with van der Waals surface area (Å²) in [5.41, 5.74) is 0.635. The Labute approximate surface area is 106 Å². The summed E-state index contributed by atoms with van der Waals surface area (Å²) >= 11 is 0. The maximum absolute atomic E-state index is 12.3. The van der Waals surface area contributed by atoms with Gasteiger partial charge in [0.15, 0.2) is 0 Å². The van der Waals surface area contributed by atoms with Gasteiger partial charge in [-0.15, -0.1) is 0 Å². The molecule has 1 aliphatic rings. The van der Waals surface area contributed by atoms with Crippen LogP contribution in [0, 0.1) is 11.8 Å². The van der Waals surface area contributed by atoms with Gasteiger partial charge in [-0.3, -0.25) is 9.59 Å². The monoisotopic (exact) mass is 250 g/mol. The van der Waals surface area contributed by atoms with Gasteiger partial charge in [-0.25, -0.2) is 0 Å². The number of carbonyl (C=O) groups excluding carboxylic acids is 1. The number of hydrogen-bond donors (Lipinski definition) is 1. The molecule has 2 heterocycles. The molecule has 18 heavy (non-hydrogen) atoms. The van der Waals surface area contributed by atoms with Crippen LogP contribution < -0.4 is 0 Å². The molecular formula is C13H18N2O3. The molecule has 0 radical (unpaired) electrons. The summed E-state index contributed by atoms with van der Waals surface area (Å²) in [6, 6.07) is 3.62. The van der Waals surface area contributed by atoms with Crippen molar-refractivity contribution in [2.24, 2.45) is 11.8 Å². The van der Waals surface area contributed by atoms with Crippen LogP contribution >= 0.6 is 0 Å². The zero-order chi connectivity index (χ0) is 13.3. The van der Waals surface area contributed by atoms with Gasteiger partial charge in [0.05, 0.1) is 5.92 Å². The van der Waals surface area contributed by atoms with Crippen molar-refractivity contribution in [1.82, 2.24) is 9.47 Å². The number of hydrogen-bond acceptors (Lipinski definition) is 2. The number of aliphatic carboxylic acids is 1. The first kappa shape index (κ1) is 12.7. The molecule has 2 unspecified atom stereocenters. The Balaban J connectivity index is 2.14. The predicted molar refractivity (Wildman–Crippen MR) is 66.3 cm³/mol. The molecule has 98 valence electrons. The average molecular weight is 250 g/mol. The Bertz CT molecular complexity index is 467. The van der Waals surface area contributed by atoms with Crippen LogP contribution in [0.4, 0.5) is 0 Å². The van der Waals surface area contributed by atoms with Crippen molar-refractivity contribution < 1.29 is 14.7 Å². The summed E-state index contributed by atoms with van der Waals surface area (Å²) < 4.78 is 1.88. The van der Waals surface area contributed by atoms with Crippen molar-refractivity contribution in [2.75, 3.05) is 13.1 Å². The molecule has 1 N–H and O–H groups in total. The lowest BCUT2D eigenvalue weighted by atomic mass is 9.99.